The second-order valence-electron chi connectivity index (χ2n) is 6.94. The van der Waals surface area contributed by atoms with Crippen molar-refractivity contribution in [3.05, 3.63) is 78.9 Å². The highest BCUT2D eigenvalue weighted by molar-refractivity contribution is 9.08. The Balaban J connectivity index is 1.82. The summed E-state index contributed by atoms with van der Waals surface area (Å²) in [5.74, 6) is 0.312. The molecule has 29 heavy (non-hydrogen) atoms. The first-order valence-electron chi connectivity index (χ1n) is 9.21. The van der Waals surface area contributed by atoms with Gasteiger partial charge in [0.15, 0.2) is 11.5 Å². The number of fused-ring (bicyclic) bond motifs is 2. The zero-order valence-corrected chi connectivity index (χ0v) is 18.0. The van der Waals surface area contributed by atoms with Crippen LogP contribution in [-0.2, 0) is 18.3 Å². The predicted molar refractivity (Wildman–Crippen MR) is 118 cm³/mol. The molecule has 0 saturated carbocycles. The van der Waals surface area contributed by atoms with Crippen LogP contribution in [0.2, 0.25) is 5.02 Å². The first kappa shape index (κ1) is 19.8. The number of nitrogens with one attached hydrogen (secondary N) is 1. The summed E-state index contributed by atoms with van der Waals surface area (Å²) in [4.78, 5) is 35.0. The lowest BCUT2D eigenvalue weighted by molar-refractivity contribution is 0.648. The fourth-order valence-electron chi connectivity index (χ4n) is 3.45. The van der Waals surface area contributed by atoms with E-state index in [0.29, 0.717) is 28.2 Å². The monoisotopic (exact) mass is 472 g/mol. The minimum atomic E-state index is -0.664. The van der Waals surface area contributed by atoms with Gasteiger partial charge < -0.3 is 4.57 Å². The van der Waals surface area contributed by atoms with Crippen LogP contribution in [0.1, 0.15) is 23.1 Å². The predicted octanol–water partition coefficient (Wildman–Crippen LogP) is 4.07. The number of alkyl halides is 1. The van der Waals surface area contributed by atoms with Crippen molar-refractivity contribution >= 4 is 38.6 Å². The van der Waals surface area contributed by atoms with Crippen molar-refractivity contribution < 1.29 is 0 Å². The quantitative estimate of drug-likeness (QED) is 0.350. The van der Waals surface area contributed by atoms with Crippen molar-refractivity contribution in [2.24, 2.45) is 0 Å². The third-order valence-corrected chi connectivity index (χ3v) is 5.83. The van der Waals surface area contributed by atoms with Crippen LogP contribution in [0.25, 0.3) is 22.6 Å². The zero-order valence-electron chi connectivity index (χ0n) is 15.7. The van der Waals surface area contributed by atoms with Crippen LogP contribution in [0.5, 0.6) is 0 Å². The molecule has 2 aromatic rings. The van der Waals surface area contributed by atoms with E-state index in [4.69, 9.17) is 11.6 Å². The van der Waals surface area contributed by atoms with Crippen molar-refractivity contribution in [1.29, 1.82) is 0 Å². The number of H-pyrrole nitrogens is 1. The molecule has 148 valence electrons. The summed E-state index contributed by atoms with van der Waals surface area (Å²) in [6.07, 6.45) is 1.64. The highest BCUT2D eigenvalue weighted by Crippen LogP contribution is 2.25. The van der Waals surface area contributed by atoms with Crippen LogP contribution in [0.4, 0.5) is 0 Å². The fraction of sp³-hybridized carbons (Fsp3) is 0.238. The molecule has 6 nitrogen and oxygen atoms in total. The molecule has 0 unspecified atom stereocenters. The van der Waals surface area contributed by atoms with Gasteiger partial charge in [-0.15, -0.1) is 0 Å². The number of aromatic amines is 1. The van der Waals surface area contributed by atoms with Gasteiger partial charge in [0.2, 0.25) is 0 Å². The maximum absolute atomic E-state index is 12.3. The van der Waals surface area contributed by atoms with Crippen LogP contribution in [0.3, 0.4) is 0 Å². The van der Waals surface area contributed by atoms with E-state index >= 15 is 0 Å². The number of rotatable bonds is 5. The number of nitrogens with zero attached hydrogens (tertiary/aromatic N) is 3. The lowest BCUT2D eigenvalue weighted by Gasteiger charge is -2.18. The Labute approximate surface area is 180 Å². The summed E-state index contributed by atoms with van der Waals surface area (Å²) in [6, 6.07) is 11.8. The molecule has 0 bridgehead atoms. The molecule has 2 aliphatic heterocycles. The highest BCUT2D eigenvalue weighted by atomic mass is 79.9. The molecular formula is C21H18BrClN4O2. The largest absolute Gasteiger partial charge is 0.349 e. The highest BCUT2D eigenvalue weighted by Gasteiger charge is 2.19. The summed E-state index contributed by atoms with van der Waals surface area (Å²) >= 11 is 9.48. The maximum Gasteiger partial charge on any atom is 0.349 e. The molecule has 1 N–H and O–H groups in total. The van der Waals surface area contributed by atoms with E-state index < -0.39 is 11.2 Å². The number of hydrogen-bond acceptors (Lipinski definition) is 4. The van der Waals surface area contributed by atoms with Gasteiger partial charge in [0.1, 0.15) is 0 Å². The zero-order chi connectivity index (χ0) is 20.5. The number of aromatic nitrogens is 4. The van der Waals surface area contributed by atoms with Crippen LogP contribution in [0.15, 0.2) is 46.0 Å². The lowest BCUT2D eigenvalue weighted by Crippen LogP contribution is -2.29. The molecule has 0 amide bonds. The smallest absolute Gasteiger partial charge is 0.322 e. The standard InChI is InChI=1S/C21H18BrClN4O2/c1-12-9-16-17(10-14(12)11-22)27(8-2-3-13-4-6-15(23)7-5-13)19-18(24-16)20(28)26-21(29)25-19/h4-7,9-10H,2-3,8,11H2,1H3,(H,26,28,29). The van der Waals surface area contributed by atoms with Gasteiger partial charge in [-0.25, -0.2) is 9.78 Å². The number of benzene rings is 2. The fourth-order valence-corrected chi connectivity index (χ4v) is 4.18. The number of halogens is 2. The molecule has 0 atom stereocenters. The van der Waals surface area contributed by atoms with E-state index in [-0.39, 0.29) is 5.69 Å². The van der Waals surface area contributed by atoms with E-state index in [1.165, 1.54) is 5.56 Å². The van der Waals surface area contributed by atoms with Gasteiger partial charge >= 0.3 is 5.69 Å². The van der Waals surface area contributed by atoms with Gasteiger partial charge in [-0.3, -0.25) is 9.78 Å². The topological polar surface area (TPSA) is 80.6 Å². The van der Waals surface area contributed by atoms with Gasteiger partial charge in [0.25, 0.3) is 5.56 Å². The molecule has 0 aliphatic carbocycles. The van der Waals surface area contributed by atoms with Crippen molar-refractivity contribution in [2.75, 3.05) is 0 Å². The number of hydrogen-bond donors (Lipinski definition) is 1. The second-order valence-corrected chi connectivity index (χ2v) is 7.93. The SMILES string of the molecule is Cc1cc2nc3c(=O)[nH]c(=O)nc-3n(CCCc3ccc(Cl)cc3)c2cc1CBr. The molecule has 0 radical (unpaired) electrons. The summed E-state index contributed by atoms with van der Waals surface area (Å²) in [6.45, 7) is 2.61. The third kappa shape index (κ3) is 3.97. The summed E-state index contributed by atoms with van der Waals surface area (Å²) < 4.78 is 1.93. The van der Waals surface area contributed by atoms with Crippen LogP contribution < -0.4 is 11.2 Å². The minimum absolute atomic E-state index is 0.176. The van der Waals surface area contributed by atoms with Gasteiger partial charge in [-0.1, -0.05) is 39.7 Å². The normalized spacial score (nSPS) is 11.4. The Hall–Kier alpha value is -2.51. The van der Waals surface area contributed by atoms with Gasteiger partial charge in [-0.05, 0) is 60.7 Å². The summed E-state index contributed by atoms with van der Waals surface area (Å²) in [5, 5.41) is 1.41. The number of aryl methyl sites for hydroxylation is 3. The van der Waals surface area contributed by atoms with Gasteiger partial charge in [-0.2, -0.15) is 4.98 Å². The van der Waals surface area contributed by atoms with Crippen LogP contribution in [-0.4, -0.2) is 19.5 Å². The Morgan fingerprint density at radius 2 is 1.90 bits per heavy atom. The molecule has 8 heteroatoms. The van der Waals surface area contributed by atoms with E-state index in [1.807, 2.05) is 47.9 Å². The van der Waals surface area contributed by atoms with E-state index in [0.717, 1.165) is 29.5 Å². The Morgan fingerprint density at radius 3 is 2.62 bits per heavy atom. The van der Waals surface area contributed by atoms with Crippen molar-refractivity contribution in [1.82, 2.24) is 19.5 Å². The Bertz CT molecular complexity index is 1280. The molecule has 0 saturated heterocycles. The average Bonchev–Trinajstić information content (AvgIpc) is 2.69. The van der Waals surface area contributed by atoms with Crippen LogP contribution in [0, 0.1) is 6.92 Å². The third-order valence-electron chi connectivity index (χ3n) is 4.97. The van der Waals surface area contributed by atoms with Crippen molar-refractivity contribution in [3.63, 3.8) is 0 Å². The van der Waals surface area contributed by atoms with Crippen LogP contribution >= 0.6 is 27.5 Å². The van der Waals surface area contributed by atoms with Gasteiger partial charge in [0.05, 0.1) is 11.0 Å². The Morgan fingerprint density at radius 1 is 1.14 bits per heavy atom. The van der Waals surface area contributed by atoms with Crippen molar-refractivity contribution in [2.45, 2.75) is 31.6 Å². The maximum atomic E-state index is 12.3. The van der Waals surface area contributed by atoms with Crippen molar-refractivity contribution in [3.8, 4) is 11.5 Å². The molecule has 0 aromatic heterocycles. The molecule has 2 aliphatic rings. The first-order valence-corrected chi connectivity index (χ1v) is 10.7. The molecule has 2 heterocycles. The summed E-state index contributed by atoms with van der Waals surface area (Å²) in [5.41, 5.74) is 3.93. The average molecular weight is 474 g/mol. The summed E-state index contributed by atoms with van der Waals surface area (Å²) in [7, 11) is 0. The van der Waals surface area contributed by atoms with E-state index in [2.05, 4.69) is 30.9 Å². The molecule has 4 rings (SSSR count). The molecule has 2 aromatic carbocycles. The van der Waals surface area contributed by atoms with E-state index in [1.54, 1.807) is 0 Å². The second kappa shape index (κ2) is 8.08. The minimum Gasteiger partial charge on any atom is -0.322 e. The lowest BCUT2D eigenvalue weighted by atomic mass is 10.1. The van der Waals surface area contributed by atoms with E-state index in [9.17, 15) is 9.59 Å². The molecule has 0 spiro atoms. The molecular weight excluding hydrogens is 456 g/mol. The first-order chi connectivity index (χ1) is 14.0. The Kier molecular flexibility index (Phi) is 5.52. The van der Waals surface area contributed by atoms with Gasteiger partial charge in [0, 0.05) is 16.9 Å². The molecule has 0 fully saturated rings.